The van der Waals surface area contributed by atoms with Crippen LogP contribution in [0.1, 0.15) is 49.5 Å². The number of hydrogen-bond acceptors (Lipinski definition) is 1. The molecule has 16 heavy (non-hydrogen) atoms. The van der Waals surface area contributed by atoms with Gasteiger partial charge in [-0.25, -0.2) is 0 Å². The lowest BCUT2D eigenvalue weighted by atomic mass is 9.82. The van der Waals surface area contributed by atoms with E-state index in [-0.39, 0.29) is 5.91 Å². The Labute approximate surface area is 97.9 Å². The van der Waals surface area contributed by atoms with Gasteiger partial charge in [-0.05, 0) is 35.4 Å². The minimum absolute atomic E-state index is 0.365. The van der Waals surface area contributed by atoms with Crippen molar-refractivity contribution in [1.29, 1.82) is 0 Å². The minimum atomic E-state index is -0.365. The third kappa shape index (κ3) is 2.84. The second kappa shape index (κ2) is 5.15. The van der Waals surface area contributed by atoms with Crippen LogP contribution in [0.5, 0.6) is 0 Å². The lowest BCUT2D eigenvalue weighted by Gasteiger charge is -2.23. The van der Waals surface area contributed by atoms with Gasteiger partial charge in [0.25, 0.3) is 0 Å². The van der Waals surface area contributed by atoms with Gasteiger partial charge in [0.15, 0.2) is 0 Å². The van der Waals surface area contributed by atoms with Crippen molar-refractivity contribution in [2.24, 2.45) is 17.6 Å². The average Bonchev–Trinajstić information content (AvgIpc) is 2.27. The molecule has 0 aliphatic rings. The molecule has 2 nitrogen and oxygen atoms in total. The molecule has 0 saturated carbocycles. The first-order chi connectivity index (χ1) is 7.43. The summed E-state index contributed by atoms with van der Waals surface area (Å²) in [6, 6.07) is 7.62. The van der Waals surface area contributed by atoms with Crippen molar-refractivity contribution < 1.29 is 4.79 Å². The van der Waals surface area contributed by atoms with Gasteiger partial charge in [-0.2, -0.15) is 0 Å². The van der Waals surface area contributed by atoms with Crippen molar-refractivity contribution in [3.8, 4) is 0 Å². The molecule has 0 bridgehead atoms. The fraction of sp³-hybridized carbons (Fsp3) is 0.500. The summed E-state index contributed by atoms with van der Waals surface area (Å²) in [5, 5.41) is 0. The Bertz CT molecular complexity index is 354. The van der Waals surface area contributed by atoms with Crippen LogP contribution in [0.15, 0.2) is 24.3 Å². The van der Waals surface area contributed by atoms with Gasteiger partial charge < -0.3 is 5.73 Å². The molecule has 88 valence electrons. The lowest BCUT2D eigenvalue weighted by molar-refractivity contribution is 0.100. The van der Waals surface area contributed by atoms with Gasteiger partial charge in [0.05, 0.1) is 0 Å². The first kappa shape index (κ1) is 12.8. The van der Waals surface area contributed by atoms with Gasteiger partial charge in [0.2, 0.25) is 5.91 Å². The van der Waals surface area contributed by atoms with Crippen molar-refractivity contribution in [3.63, 3.8) is 0 Å². The summed E-state index contributed by atoms with van der Waals surface area (Å²) >= 11 is 0. The zero-order chi connectivity index (χ0) is 12.3. The summed E-state index contributed by atoms with van der Waals surface area (Å²) in [6.45, 7) is 8.96. The molecule has 0 spiro atoms. The number of carbonyl (C=O) groups is 1. The normalized spacial score (nSPS) is 14.8. The van der Waals surface area contributed by atoms with Crippen LogP contribution in [0, 0.1) is 11.8 Å². The highest BCUT2D eigenvalue weighted by molar-refractivity contribution is 5.92. The smallest absolute Gasteiger partial charge is 0.248 e. The molecule has 1 aromatic carbocycles. The molecule has 0 radical (unpaired) electrons. The molecular weight excluding hydrogens is 198 g/mol. The van der Waals surface area contributed by atoms with Crippen LogP contribution in [-0.2, 0) is 0 Å². The first-order valence-electron chi connectivity index (χ1n) is 5.83. The van der Waals surface area contributed by atoms with Crippen molar-refractivity contribution in [1.82, 2.24) is 0 Å². The highest BCUT2D eigenvalue weighted by atomic mass is 16.1. The van der Waals surface area contributed by atoms with E-state index in [0.29, 0.717) is 23.3 Å². The van der Waals surface area contributed by atoms with Crippen LogP contribution in [-0.4, -0.2) is 5.91 Å². The van der Waals surface area contributed by atoms with E-state index in [9.17, 15) is 4.79 Å². The van der Waals surface area contributed by atoms with E-state index in [1.807, 2.05) is 12.1 Å². The fourth-order valence-corrected chi connectivity index (χ4v) is 1.83. The fourth-order valence-electron chi connectivity index (χ4n) is 1.83. The Kier molecular flexibility index (Phi) is 4.11. The molecular formula is C14H21NO. The van der Waals surface area contributed by atoms with Crippen molar-refractivity contribution in [2.45, 2.75) is 33.6 Å². The molecule has 0 fully saturated rings. The molecule has 0 aromatic heterocycles. The van der Waals surface area contributed by atoms with E-state index >= 15 is 0 Å². The zero-order valence-electron chi connectivity index (χ0n) is 10.5. The van der Waals surface area contributed by atoms with Crippen LogP contribution in [0.4, 0.5) is 0 Å². The predicted molar refractivity (Wildman–Crippen MR) is 67.4 cm³/mol. The standard InChI is InChI=1S/C14H21NO/c1-9(2)10(3)11(4)12-5-7-13(8-6-12)14(15)16/h5-11H,1-4H3,(H2,15,16). The average molecular weight is 219 g/mol. The van der Waals surface area contributed by atoms with Crippen LogP contribution in [0.2, 0.25) is 0 Å². The maximum Gasteiger partial charge on any atom is 0.248 e. The lowest BCUT2D eigenvalue weighted by Crippen LogP contribution is -2.14. The largest absolute Gasteiger partial charge is 0.366 e. The van der Waals surface area contributed by atoms with Gasteiger partial charge in [-0.15, -0.1) is 0 Å². The van der Waals surface area contributed by atoms with E-state index in [0.717, 1.165) is 0 Å². The summed E-state index contributed by atoms with van der Waals surface area (Å²) in [5.74, 6) is 1.42. The Morgan fingerprint density at radius 1 is 1.06 bits per heavy atom. The zero-order valence-corrected chi connectivity index (χ0v) is 10.5. The summed E-state index contributed by atoms with van der Waals surface area (Å²) in [7, 11) is 0. The van der Waals surface area contributed by atoms with E-state index in [4.69, 9.17) is 5.73 Å². The van der Waals surface area contributed by atoms with E-state index in [1.165, 1.54) is 5.56 Å². The minimum Gasteiger partial charge on any atom is -0.366 e. The van der Waals surface area contributed by atoms with Gasteiger partial charge in [0, 0.05) is 5.56 Å². The quantitative estimate of drug-likeness (QED) is 0.830. The number of benzene rings is 1. The number of rotatable bonds is 4. The van der Waals surface area contributed by atoms with Crippen molar-refractivity contribution in [3.05, 3.63) is 35.4 Å². The van der Waals surface area contributed by atoms with Crippen LogP contribution in [0.25, 0.3) is 0 Å². The first-order valence-corrected chi connectivity index (χ1v) is 5.83. The number of amides is 1. The van der Waals surface area contributed by atoms with Crippen LogP contribution in [0.3, 0.4) is 0 Å². The molecule has 2 atom stereocenters. The van der Waals surface area contributed by atoms with Crippen molar-refractivity contribution in [2.75, 3.05) is 0 Å². The third-order valence-electron chi connectivity index (χ3n) is 3.56. The topological polar surface area (TPSA) is 43.1 Å². The van der Waals surface area contributed by atoms with Crippen LogP contribution < -0.4 is 5.73 Å². The molecule has 0 heterocycles. The van der Waals surface area contributed by atoms with Crippen molar-refractivity contribution >= 4 is 5.91 Å². The number of carbonyl (C=O) groups excluding carboxylic acids is 1. The monoisotopic (exact) mass is 219 g/mol. The number of hydrogen-bond donors (Lipinski definition) is 1. The van der Waals surface area contributed by atoms with E-state index < -0.39 is 0 Å². The maximum atomic E-state index is 10.9. The van der Waals surface area contributed by atoms with E-state index in [2.05, 4.69) is 27.7 Å². The summed E-state index contributed by atoms with van der Waals surface area (Å²) in [5.41, 5.74) is 7.06. The maximum absolute atomic E-state index is 10.9. The summed E-state index contributed by atoms with van der Waals surface area (Å²) < 4.78 is 0. The Morgan fingerprint density at radius 2 is 1.56 bits per heavy atom. The molecule has 1 rings (SSSR count). The molecule has 2 N–H and O–H groups in total. The second-order valence-corrected chi connectivity index (χ2v) is 4.88. The van der Waals surface area contributed by atoms with Gasteiger partial charge >= 0.3 is 0 Å². The molecule has 0 saturated heterocycles. The summed E-state index contributed by atoms with van der Waals surface area (Å²) in [4.78, 5) is 10.9. The number of primary amides is 1. The van der Waals surface area contributed by atoms with E-state index in [1.54, 1.807) is 12.1 Å². The van der Waals surface area contributed by atoms with Gasteiger partial charge in [0.1, 0.15) is 0 Å². The Morgan fingerprint density at radius 3 is 1.94 bits per heavy atom. The highest BCUT2D eigenvalue weighted by Crippen LogP contribution is 2.29. The molecule has 0 aliphatic carbocycles. The van der Waals surface area contributed by atoms with Gasteiger partial charge in [-0.3, -0.25) is 4.79 Å². The highest BCUT2D eigenvalue weighted by Gasteiger charge is 2.17. The number of nitrogens with two attached hydrogens (primary N) is 1. The molecule has 2 unspecified atom stereocenters. The second-order valence-electron chi connectivity index (χ2n) is 4.88. The predicted octanol–water partition coefficient (Wildman–Crippen LogP) is 3.18. The van der Waals surface area contributed by atoms with Gasteiger partial charge in [-0.1, -0.05) is 39.8 Å². The third-order valence-corrected chi connectivity index (χ3v) is 3.56. The van der Waals surface area contributed by atoms with Crippen LogP contribution >= 0.6 is 0 Å². The molecule has 0 aliphatic heterocycles. The SMILES string of the molecule is CC(C)C(C)C(C)c1ccc(C(N)=O)cc1. The molecule has 2 heteroatoms. The Hall–Kier alpha value is -1.31. The molecule has 1 amide bonds. The Balaban J connectivity index is 2.85. The summed E-state index contributed by atoms with van der Waals surface area (Å²) in [6.07, 6.45) is 0. The molecule has 1 aromatic rings.